The number of alkyl halides is 1. The molecule has 1 amide bonds. The van der Waals surface area contributed by atoms with E-state index in [9.17, 15) is 9.18 Å². The molecule has 3 aliphatic rings. The van der Waals surface area contributed by atoms with Gasteiger partial charge in [-0.1, -0.05) is 0 Å². The lowest BCUT2D eigenvalue weighted by molar-refractivity contribution is -0.127. The summed E-state index contributed by atoms with van der Waals surface area (Å²) < 4.78 is 13.2. The highest BCUT2D eigenvalue weighted by atomic mass is 19.1. The Morgan fingerprint density at radius 1 is 0.960 bits per heavy atom. The van der Waals surface area contributed by atoms with Gasteiger partial charge in [0.15, 0.2) is 0 Å². The molecule has 4 N–H and O–H groups in total. The zero-order valence-corrected chi connectivity index (χ0v) is 15.2. The summed E-state index contributed by atoms with van der Waals surface area (Å²) in [7, 11) is 0. The molecule has 0 aromatic rings. The molecule has 1 saturated carbocycles. The van der Waals surface area contributed by atoms with Gasteiger partial charge in [0.25, 0.3) is 0 Å². The summed E-state index contributed by atoms with van der Waals surface area (Å²) in [6, 6.07) is 0.144. The van der Waals surface area contributed by atoms with Gasteiger partial charge in [0.05, 0.1) is 18.7 Å². The summed E-state index contributed by atoms with van der Waals surface area (Å²) in [4.78, 5) is 12.4. The molecule has 0 spiro atoms. The molecule has 0 aromatic heterocycles. The van der Waals surface area contributed by atoms with Crippen molar-refractivity contribution in [3.05, 3.63) is 0 Å². The fourth-order valence-electron chi connectivity index (χ4n) is 4.65. The molecule has 3 fully saturated rings. The molecule has 0 aromatic carbocycles. The summed E-state index contributed by atoms with van der Waals surface area (Å²) in [5, 5.41) is 19.0. The van der Waals surface area contributed by atoms with Crippen LogP contribution in [0.4, 0.5) is 4.39 Å². The molecule has 4 atom stereocenters. The van der Waals surface area contributed by atoms with Gasteiger partial charge in [-0.05, 0) is 76.2 Å². The number of aliphatic hydroxyl groups excluding tert-OH is 1. The Bertz CT molecular complexity index is 413. The Kier molecular flexibility index (Phi) is 7.08. The highest BCUT2D eigenvalue weighted by Gasteiger charge is 2.30. The fraction of sp³-hybridized carbons (Fsp3) is 0.947. The van der Waals surface area contributed by atoms with Crippen molar-refractivity contribution in [1.82, 2.24) is 16.0 Å². The smallest absolute Gasteiger partial charge is 0.225 e. The molecule has 4 unspecified atom stereocenters. The van der Waals surface area contributed by atoms with Crippen LogP contribution in [0.2, 0.25) is 0 Å². The molecule has 2 aliphatic heterocycles. The Balaban J connectivity index is 1.33. The average Bonchev–Trinajstić information content (AvgIpc) is 2.65. The Labute approximate surface area is 150 Å². The number of hydrogen-bond acceptors (Lipinski definition) is 4. The van der Waals surface area contributed by atoms with Crippen molar-refractivity contribution in [3.63, 3.8) is 0 Å². The highest BCUT2D eigenvalue weighted by molar-refractivity contribution is 5.79. The summed E-state index contributed by atoms with van der Waals surface area (Å²) in [5.74, 6) is 1.49. The van der Waals surface area contributed by atoms with Gasteiger partial charge in [-0.2, -0.15) is 0 Å². The van der Waals surface area contributed by atoms with Crippen molar-refractivity contribution in [1.29, 1.82) is 0 Å². The second-order valence-electron chi connectivity index (χ2n) is 8.33. The summed E-state index contributed by atoms with van der Waals surface area (Å²) >= 11 is 0. The summed E-state index contributed by atoms with van der Waals surface area (Å²) in [5.41, 5.74) is 0. The molecular formula is C19H34FN3O2. The Hall–Kier alpha value is -0.720. The zero-order valence-electron chi connectivity index (χ0n) is 15.2. The molecule has 0 bridgehead atoms. The van der Waals surface area contributed by atoms with Crippen molar-refractivity contribution < 1.29 is 14.3 Å². The number of carbonyl (C=O) groups excluding carboxylic acids is 1. The van der Waals surface area contributed by atoms with Crippen LogP contribution in [-0.2, 0) is 4.79 Å². The lowest BCUT2D eigenvalue weighted by Crippen LogP contribution is -2.54. The number of nitrogens with one attached hydrogen (secondary N) is 3. The lowest BCUT2D eigenvalue weighted by atomic mass is 9.80. The average molecular weight is 355 g/mol. The minimum absolute atomic E-state index is 0.0122. The first kappa shape index (κ1) is 19.1. The van der Waals surface area contributed by atoms with E-state index in [1.165, 1.54) is 6.42 Å². The van der Waals surface area contributed by atoms with Gasteiger partial charge in [0, 0.05) is 12.6 Å². The van der Waals surface area contributed by atoms with Crippen LogP contribution in [0.3, 0.4) is 0 Å². The SMILES string of the molecule is O=C(NC1CCC(CC2CCC(F)CC2)CN1)C1CCC(CO)NC1. The van der Waals surface area contributed by atoms with E-state index in [4.69, 9.17) is 5.11 Å². The maximum Gasteiger partial charge on any atom is 0.225 e. The van der Waals surface area contributed by atoms with Crippen LogP contribution in [0.15, 0.2) is 0 Å². The maximum absolute atomic E-state index is 13.2. The van der Waals surface area contributed by atoms with Crippen LogP contribution in [0.25, 0.3) is 0 Å². The van der Waals surface area contributed by atoms with Crippen molar-refractivity contribution in [3.8, 4) is 0 Å². The molecule has 3 rings (SSSR count). The highest BCUT2D eigenvalue weighted by Crippen LogP contribution is 2.32. The zero-order chi connectivity index (χ0) is 17.6. The van der Waals surface area contributed by atoms with Gasteiger partial charge in [-0.3, -0.25) is 10.1 Å². The summed E-state index contributed by atoms with van der Waals surface area (Å²) in [6.45, 7) is 1.76. The molecule has 144 valence electrons. The van der Waals surface area contributed by atoms with Crippen LogP contribution in [0.1, 0.15) is 57.8 Å². The first-order chi connectivity index (χ1) is 12.1. The van der Waals surface area contributed by atoms with Crippen LogP contribution >= 0.6 is 0 Å². The molecule has 6 heteroatoms. The van der Waals surface area contributed by atoms with Crippen LogP contribution < -0.4 is 16.0 Å². The Morgan fingerprint density at radius 3 is 2.32 bits per heavy atom. The third-order valence-electron chi connectivity index (χ3n) is 6.38. The molecule has 1 aliphatic carbocycles. The Morgan fingerprint density at radius 2 is 1.72 bits per heavy atom. The predicted octanol–water partition coefficient (Wildman–Crippen LogP) is 1.71. The van der Waals surface area contributed by atoms with E-state index in [0.29, 0.717) is 18.4 Å². The standard InChI is InChI=1S/C19H34FN3O2/c20-16-5-1-13(2-6-16)9-14-3-8-18(22-10-14)23-19(25)15-4-7-17(12-24)21-11-15/h13-18,21-22,24H,1-12H2,(H,23,25). The van der Waals surface area contributed by atoms with Gasteiger partial charge in [0.1, 0.15) is 6.17 Å². The quantitative estimate of drug-likeness (QED) is 0.606. The van der Waals surface area contributed by atoms with Gasteiger partial charge < -0.3 is 15.7 Å². The number of halogens is 1. The molecule has 2 saturated heterocycles. The van der Waals surface area contributed by atoms with E-state index in [1.807, 2.05) is 0 Å². The van der Waals surface area contributed by atoms with Crippen molar-refractivity contribution >= 4 is 5.91 Å². The minimum atomic E-state index is -0.567. The van der Waals surface area contributed by atoms with Crippen molar-refractivity contribution in [2.45, 2.75) is 76.2 Å². The van der Waals surface area contributed by atoms with Gasteiger partial charge in [-0.25, -0.2) is 4.39 Å². The van der Waals surface area contributed by atoms with Gasteiger partial charge >= 0.3 is 0 Å². The summed E-state index contributed by atoms with van der Waals surface area (Å²) in [6.07, 6.45) is 8.12. The van der Waals surface area contributed by atoms with E-state index in [-0.39, 0.29) is 30.6 Å². The minimum Gasteiger partial charge on any atom is -0.395 e. The van der Waals surface area contributed by atoms with Crippen molar-refractivity contribution in [2.24, 2.45) is 17.8 Å². The molecule has 25 heavy (non-hydrogen) atoms. The van der Waals surface area contributed by atoms with E-state index in [0.717, 1.165) is 57.9 Å². The maximum atomic E-state index is 13.2. The third kappa shape index (κ3) is 5.63. The van der Waals surface area contributed by atoms with E-state index in [1.54, 1.807) is 0 Å². The van der Waals surface area contributed by atoms with Crippen molar-refractivity contribution in [2.75, 3.05) is 19.7 Å². The first-order valence-electron chi connectivity index (χ1n) is 10.2. The van der Waals surface area contributed by atoms with Crippen LogP contribution in [0.5, 0.6) is 0 Å². The molecule has 0 radical (unpaired) electrons. The van der Waals surface area contributed by atoms with Gasteiger partial charge in [0.2, 0.25) is 5.91 Å². The van der Waals surface area contributed by atoms with Crippen LogP contribution in [-0.4, -0.2) is 49.1 Å². The second kappa shape index (κ2) is 9.28. The lowest BCUT2D eigenvalue weighted by Gasteiger charge is -2.35. The number of piperidine rings is 2. The molecular weight excluding hydrogens is 321 g/mol. The monoisotopic (exact) mass is 355 g/mol. The third-order valence-corrected chi connectivity index (χ3v) is 6.38. The fourth-order valence-corrected chi connectivity index (χ4v) is 4.65. The van der Waals surface area contributed by atoms with E-state index < -0.39 is 6.17 Å². The number of aliphatic hydroxyl groups is 1. The first-order valence-corrected chi connectivity index (χ1v) is 10.2. The molecule has 2 heterocycles. The van der Waals surface area contributed by atoms with E-state index in [2.05, 4.69) is 16.0 Å². The van der Waals surface area contributed by atoms with Gasteiger partial charge in [-0.15, -0.1) is 0 Å². The normalized spacial score (nSPS) is 39.8. The topological polar surface area (TPSA) is 73.4 Å². The number of amides is 1. The second-order valence-corrected chi connectivity index (χ2v) is 8.33. The molecule has 5 nitrogen and oxygen atoms in total. The number of hydrogen-bond donors (Lipinski definition) is 4. The number of rotatable bonds is 5. The van der Waals surface area contributed by atoms with Crippen LogP contribution in [0, 0.1) is 17.8 Å². The number of carbonyl (C=O) groups is 1. The predicted molar refractivity (Wildman–Crippen MR) is 95.7 cm³/mol. The van der Waals surface area contributed by atoms with E-state index >= 15 is 0 Å². The largest absolute Gasteiger partial charge is 0.395 e.